The van der Waals surface area contributed by atoms with Crippen LogP contribution in [0.1, 0.15) is 32.6 Å². The first-order chi connectivity index (χ1) is 7.59. The zero-order valence-corrected chi connectivity index (χ0v) is 11.5. The van der Waals surface area contributed by atoms with Crippen molar-refractivity contribution in [2.75, 3.05) is 23.9 Å². The molecule has 1 aliphatic rings. The Morgan fingerprint density at radius 2 is 2.06 bits per heavy atom. The summed E-state index contributed by atoms with van der Waals surface area (Å²) in [5.41, 5.74) is 0. The summed E-state index contributed by atoms with van der Waals surface area (Å²) in [6, 6.07) is 0.425. The third-order valence-electron chi connectivity index (χ3n) is 3.19. The summed E-state index contributed by atoms with van der Waals surface area (Å²) in [5.74, 6) is 1.76. The van der Waals surface area contributed by atoms with Crippen molar-refractivity contribution >= 4 is 21.4 Å². The largest absolute Gasteiger partial charge is 0.313 e. The fourth-order valence-electron chi connectivity index (χ4n) is 2.30. The lowest BCUT2D eigenvalue weighted by atomic mass is 10.1. The molecular weight excluding hydrogens is 246 g/mol. The van der Waals surface area contributed by atoms with E-state index in [9.17, 15) is 8.42 Å². The van der Waals surface area contributed by atoms with E-state index in [4.69, 9.17) is 11.6 Å². The average Bonchev–Trinajstić information content (AvgIpc) is 2.64. The predicted molar refractivity (Wildman–Crippen MR) is 68.8 cm³/mol. The van der Waals surface area contributed by atoms with Crippen LogP contribution in [0, 0.1) is 5.92 Å². The zero-order valence-electron chi connectivity index (χ0n) is 9.91. The molecule has 0 saturated heterocycles. The molecule has 2 atom stereocenters. The minimum Gasteiger partial charge on any atom is -0.313 e. The minimum atomic E-state index is -2.84. The molecule has 0 aromatic rings. The van der Waals surface area contributed by atoms with Crippen molar-refractivity contribution in [1.29, 1.82) is 0 Å². The number of hydrogen-bond donors (Lipinski definition) is 1. The third-order valence-corrected chi connectivity index (χ3v) is 5.44. The fraction of sp³-hybridized carbons (Fsp3) is 1.00. The highest BCUT2D eigenvalue weighted by Gasteiger charge is 2.26. The van der Waals surface area contributed by atoms with Gasteiger partial charge in [0.2, 0.25) is 0 Å². The van der Waals surface area contributed by atoms with Crippen LogP contribution < -0.4 is 5.32 Å². The Kier molecular flexibility index (Phi) is 6.08. The van der Waals surface area contributed by atoms with Gasteiger partial charge in [-0.15, -0.1) is 11.6 Å². The number of hydrogen-bond acceptors (Lipinski definition) is 3. The second-order valence-corrected chi connectivity index (χ2v) is 7.17. The molecule has 5 heteroatoms. The Morgan fingerprint density at radius 3 is 2.69 bits per heavy atom. The molecule has 0 bridgehead atoms. The van der Waals surface area contributed by atoms with Gasteiger partial charge < -0.3 is 5.32 Å². The Balaban J connectivity index is 2.25. The number of sulfone groups is 1. The summed E-state index contributed by atoms with van der Waals surface area (Å²) in [7, 11) is -2.84. The van der Waals surface area contributed by atoms with E-state index >= 15 is 0 Å². The Bertz CT molecular complexity index is 292. The summed E-state index contributed by atoms with van der Waals surface area (Å²) in [4.78, 5) is 0. The first-order valence-electron chi connectivity index (χ1n) is 6.09. The zero-order chi connectivity index (χ0) is 12.0. The molecule has 1 rings (SSSR count). The molecule has 96 valence electrons. The molecule has 0 aliphatic heterocycles. The van der Waals surface area contributed by atoms with Gasteiger partial charge in [0.05, 0.1) is 5.75 Å². The SMILES string of the molecule is CCCS(=O)(=O)CCNC1CCCC1CCl. The van der Waals surface area contributed by atoms with E-state index < -0.39 is 9.84 Å². The van der Waals surface area contributed by atoms with Crippen molar-refractivity contribution in [1.82, 2.24) is 5.32 Å². The molecule has 1 saturated carbocycles. The highest BCUT2D eigenvalue weighted by molar-refractivity contribution is 7.91. The van der Waals surface area contributed by atoms with Gasteiger partial charge in [0.1, 0.15) is 0 Å². The molecule has 0 aromatic carbocycles. The first-order valence-corrected chi connectivity index (χ1v) is 8.44. The van der Waals surface area contributed by atoms with E-state index in [1.54, 1.807) is 0 Å². The molecule has 0 aromatic heterocycles. The van der Waals surface area contributed by atoms with Crippen LogP contribution in [0.25, 0.3) is 0 Å². The Hall–Kier alpha value is 0.200. The molecule has 1 fully saturated rings. The van der Waals surface area contributed by atoms with Gasteiger partial charge in [-0.1, -0.05) is 13.3 Å². The highest BCUT2D eigenvalue weighted by atomic mass is 35.5. The van der Waals surface area contributed by atoms with E-state index in [0.29, 0.717) is 36.6 Å². The summed E-state index contributed by atoms with van der Waals surface area (Å²) in [6.45, 7) is 2.46. The molecule has 0 amide bonds. The lowest BCUT2D eigenvalue weighted by molar-refractivity contribution is 0.440. The summed E-state index contributed by atoms with van der Waals surface area (Å²) >= 11 is 5.86. The van der Waals surface area contributed by atoms with Crippen LogP contribution in [0.2, 0.25) is 0 Å². The van der Waals surface area contributed by atoms with Crippen LogP contribution >= 0.6 is 11.6 Å². The summed E-state index contributed by atoms with van der Waals surface area (Å²) in [6.07, 6.45) is 4.21. The monoisotopic (exact) mass is 267 g/mol. The smallest absolute Gasteiger partial charge is 0.151 e. The third kappa shape index (κ3) is 4.60. The second-order valence-electron chi connectivity index (χ2n) is 4.56. The highest BCUT2D eigenvalue weighted by Crippen LogP contribution is 2.26. The molecule has 0 spiro atoms. The molecule has 3 nitrogen and oxygen atoms in total. The van der Waals surface area contributed by atoms with Crippen molar-refractivity contribution in [3.8, 4) is 0 Å². The van der Waals surface area contributed by atoms with Gasteiger partial charge in [-0.25, -0.2) is 8.42 Å². The molecule has 0 heterocycles. The van der Waals surface area contributed by atoms with Gasteiger partial charge in [-0.2, -0.15) is 0 Å². The second kappa shape index (κ2) is 6.82. The molecule has 16 heavy (non-hydrogen) atoms. The van der Waals surface area contributed by atoms with Crippen LogP contribution in [0.5, 0.6) is 0 Å². The standard InChI is InChI=1S/C11H22ClNO2S/c1-2-7-16(14,15)8-6-13-11-5-3-4-10(11)9-12/h10-11,13H,2-9H2,1H3. The number of rotatable bonds is 7. The maximum atomic E-state index is 11.5. The average molecular weight is 268 g/mol. The van der Waals surface area contributed by atoms with E-state index in [1.165, 1.54) is 12.8 Å². The van der Waals surface area contributed by atoms with Crippen molar-refractivity contribution in [2.24, 2.45) is 5.92 Å². The van der Waals surface area contributed by atoms with Gasteiger partial charge in [-0.3, -0.25) is 0 Å². The Morgan fingerprint density at radius 1 is 1.31 bits per heavy atom. The van der Waals surface area contributed by atoms with Gasteiger partial charge in [-0.05, 0) is 25.2 Å². The number of alkyl halides is 1. The summed E-state index contributed by atoms with van der Waals surface area (Å²) < 4.78 is 23.0. The normalized spacial score (nSPS) is 26.1. The van der Waals surface area contributed by atoms with Crippen molar-refractivity contribution in [3.05, 3.63) is 0 Å². The van der Waals surface area contributed by atoms with Crippen LogP contribution in [-0.2, 0) is 9.84 Å². The topological polar surface area (TPSA) is 46.2 Å². The van der Waals surface area contributed by atoms with Crippen LogP contribution in [0.3, 0.4) is 0 Å². The van der Waals surface area contributed by atoms with Gasteiger partial charge in [0, 0.05) is 24.2 Å². The predicted octanol–water partition coefficient (Wildman–Crippen LogP) is 1.81. The van der Waals surface area contributed by atoms with E-state index in [2.05, 4.69) is 5.32 Å². The molecule has 1 N–H and O–H groups in total. The van der Waals surface area contributed by atoms with Crippen molar-refractivity contribution in [3.63, 3.8) is 0 Å². The maximum Gasteiger partial charge on any atom is 0.151 e. The quantitative estimate of drug-likeness (QED) is 0.716. The first kappa shape index (κ1) is 14.3. The van der Waals surface area contributed by atoms with E-state index in [0.717, 1.165) is 6.42 Å². The molecule has 2 unspecified atom stereocenters. The van der Waals surface area contributed by atoms with Crippen LogP contribution in [-0.4, -0.2) is 38.4 Å². The van der Waals surface area contributed by atoms with E-state index in [1.807, 2.05) is 6.92 Å². The molecular formula is C11H22ClNO2S. The maximum absolute atomic E-state index is 11.5. The Labute approximate surface area is 104 Å². The minimum absolute atomic E-state index is 0.256. The van der Waals surface area contributed by atoms with E-state index in [-0.39, 0.29) is 5.75 Å². The van der Waals surface area contributed by atoms with Gasteiger partial charge >= 0.3 is 0 Å². The molecule has 0 radical (unpaired) electrons. The molecule has 1 aliphatic carbocycles. The number of halogens is 1. The van der Waals surface area contributed by atoms with Crippen molar-refractivity contribution < 1.29 is 8.42 Å². The lowest BCUT2D eigenvalue weighted by Gasteiger charge is -2.18. The lowest BCUT2D eigenvalue weighted by Crippen LogP contribution is -2.36. The van der Waals surface area contributed by atoms with Crippen LogP contribution in [0.4, 0.5) is 0 Å². The summed E-state index contributed by atoms with van der Waals surface area (Å²) in [5, 5.41) is 3.33. The van der Waals surface area contributed by atoms with Crippen molar-refractivity contribution in [2.45, 2.75) is 38.6 Å². The fourth-order valence-corrected chi connectivity index (χ4v) is 3.93. The van der Waals surface area contributed by atoms with Gasteiger partial charge in [0.15, 0.2) is 9.84 Å². The van der Waals surface area contributed by atoms with Crippen LogP contribution in [0.15, 0.2) is 0 Å². The van der Waals surface area contributed by atoms with Gasteiger partial charge in [0.25, 0.3) is 0 Å². The number of nitrogens with one attached hydrogen (secondary N) is 1.